The van der Waals surface area contributed by atoms with Gasteiger partial charge in [-0.05, 0) is 50.3 Å². The molecule has 1 N–H and O–H groups in total. The number of hydrogen-bond donors (Lipinski definition) is 1. The van der Waals surface area contributed by atoms with Crippen LogP contribution in [0.2, 0.25) is 5.02 Å². The summed E-state index contributed by atoms with van der Waals surface area (Å²) in [5.41, 5.74) is 0.700. The molecule has 0 saturated heterocycles. The lowest BCUT2D eigenvalue weighted by Gasteiger charge is -2.15. The first kappa shape index (κ1) is 13.2. The first-order chi connectivity index (χ1) is 8.58. The van der Waals surface area contributed by atoms with Gasteiger partial charge in [0.1, 0.15) is 5.75 Å². The van der Waals surface area contributed by atoms with Gasteiger partial charge in [-0.3, -0.25) is 4.79 Å². The Labute approximate surface area is 112 Å². The Morgan fingerprint density at radius 1 is 1.44 bits per heavy atom. The van der Waals surface area contributed by atoms with Gasteiger partial charge in [0, 0.05) is 0 Å². The van der Waals surface area contributed by atoms with E-state index in [1.54, 1.807) is 25.1 Å². The molecule has 0 spiro atoms. The molecule has 1 unspecified atom stereocenters. The number of carboxylic acids is 1. The van der Waals surface area contributed by atoms with E-state index in [4.69, 9.17) is 21.4 Å². The molecule has 1 atom stereocenters. The van der Waals surface area contributed by atoms with E-state index in [1.165, 1.54) is 12.8 Å². The molecule has 0 radical (unpaired) electrons. The van der Waals surface area contributed by atoms with Crippen LogP contribution < -0.4 is 4.74 Å². The highest BCUT2D eigenvalue weighted by Gasteiger charge is 2.19. The summed E-state index contributed by atoms with van der Waals surface area (Å²) < 4.78 is 5.82. The third kappa shape index (κ3) is 2.96. The molecular weight excluding hydrogens is 252 g/mol. The Hall–Kier alpha value is -1.22. The maximum absolute atomic E-state index is 10.9. The normalized spacial score (nSPS) is 17.7. The van der Waals surface area contributed by atoms with Crippen molar-refractivity contribution < 1.29 is 14.6 Å². The molecule has 1 aliphatic rings. The number of rotatable bonds is 4. The lowest BCUT2D eigenvalue weighted by molar-refractivity contribution is -0.138. The third-order valence-electron chi connectivity index (χ3n) is 3.42. The number of aliphatic carboxylic acids is 1. The largest absolute Gasteiger partial charge is 0.489 e. The number of hydrogen-bond acceptors (Lipinski definition) is 2. The lowest BCUT2D eigenvalue weighted by Crippen LogP contribution is -2.12. The first-order valence-electron chi connectivity index (χ1n) is 6.27. The van der Waals surface area contributed by atoms with Gasteiger partial charge in [-0.25, -0.2) is 0 Å². The molecule has 0 aliphatic heterocycles. The van der Waals surface area contributed by atoms with Crippen molar-refractivity contribution in [1.29, 1.82) is 0 Å². The van der Waals surface area contributed by atoms with Gasteiger partial charge in [0.2, 0.25) is 0 Å². The van der Waals surface area contributed by atoms with Crippen LogP contribution >= 0.6 is 11.6 Å². The van der Waals surface area contributed by atoms with Crippen molar-refractivity contribution in [1.82, 2.24) is 0 Å². The highest BCUT2D eigenvalue weighted by atomic mass is 35.5. The fourth-order valence-corrected chi connectivity index (χ4v) is 2.44. The Morgan fingerprint density at radius 2 is 2.11 bits per heavy atom. The van der Waals surface area contributed by atoms with E-state index in [9.17, 15) is 4.79 Å². The molecule has 98 valence electrons. The minimum Gasteiger partial charge on any atom is -0.489 e. The molecular formula is C14H17ClO3. The maximum Gasteiger partial charge on any atom is 0.310 e. The Bertz CT molecular complexity index is 439. The molecule has 0 bridgehead atoms. The smallest absolute Gasteiger partial charge is 0.310 e. The molecule has 3 nitrogen and oxygen atoms in total. The second-order valence-electron chi connectivity index (χ2n) is 4.77. The van der Waals surface area contributed by atoms with Crippen LogP contribution in [0.3, 0.4) is 0 Å². The van der Waals surface area contributed by atoms with E-state index in [2.05, 4.69) is 0 Å². The summed E-state index contributed by atoms with van der Waals surface area (Å²) in [6.07, 6.45) is 4.81. The quantitative estimate of drug-likeness (QED) is 0.902. The molecule has 1 saturated carbocycles. The van der Waals surface area contributed by atoms with Crippen molar-refractivity contribution in [2.75, 3.05) is 0 Å². The van der Waals surface area contributed by atoms with Gasteiger partial charge < -0.3 is 9.84 Å². The third-order valence-corrected chi connectivity index (χ3v) is 3.72. The monoisotopic (exact) mass is 268 g/mol. The molecule has 2 rings (SSSR count). The van der Waals surface area contributed by atoms with E-state index in [1.807, 2.05) is 0 Å². The van der Waals surface area contributed by atoms with Gasteiger partial charge in [-0.15, -0.1) is 0 Å². The minimum absolute atomic E-state index is 0.255. The van der Waals surface area contributed by atoms with E-state index in [-0.39, 0.29) is 6.10 Å². The van der Waals surface area contributed by atoms with Crippen LogP contribution in [0.1, 0.15) is 44.1 Å². The summed E-state index contributed by atoms with van der Waals surface area (Å²) in [6.45, 7) is 1.64. The average Bonchev–Trinajstić information content (AvgIpc) is 2.83. The van der Waals surface area contributed by atoms with Gasteiger partial charge in [0.25, 0.3) is 0 Å². The highest BCUT2D eigenvalue weighted by Crippen LogP contribution is 2.32. The fourth-order valence-electron chi connectivity index (χ4n) is 2.21. The van der Waals surface area contributed by atoms with Gasteiger partial charge in [-0.2, -0.15) is 0 Å². The molecule has 1 aromatic rings. The standard InChI is InChI=1S/C14H17ClO3/c1-9(14(16)17)10-6-7-13(12(15)8-10)18-11-4-2-3-5-11/h6-9,11H,2-5H2,1H3,(H,16,17). The van der Waals surface area contributed by atoms with Crippen LogP contribution in [-0.2, 0) is 4.79 Å². The van der Waals surface area contributed by atoms with E-state index in [0.29, 0.717) is 16.3 Å². The Kier molecular flexibility index (Phi) is 4.12. The molecule has 18 heavy (non-hydrogen) atoms. The highest BCUT2D eigenvalue weighted by molar-refractivity contribution is 6.32. The summed E-state index contributed by atoms with van der Waals surface area (Å²) in [4.78, 5) is 10.9. The van der Waals surface area contributed by atoms with Crippen molar-refractivity contribution >= 4 is 17.6 Å². The van der Waals surface area contributed by atoms with Crippen LogP contribution in [0.25, 0.3) is 0 Å². The number of carbonyl (C=O) groups is 1. The fraction of sp³-hybridized carbons (Fsp3) is 0.500. The maximum atomic E-state index is 10.9. The number of benzene rings is 1. The number of carboxylic acid groups (broad SMARTS) is 1. The van der Waals surface area contributed by atoms with Gasteiger partial charge in [-0.1, -0.05) is 17.7 Å². The van der Waals surface area contributed by atoms with Crippen LogP contribution in [0.15, 0.2) is 18.2 Å². The van der Waals surface area contributed by atoms with Crippen molar-refractivity contribution in [3.8, 4) is 5.75 Å². The molecule has 0 heterocycles. The molecule has 0 amide bonds. The van der Waals surface area contributed by atoms with E-state index < -0.39 is 11.9 Å². The van der Waals surface area contributed by atoms with Crippen molar-refractivity contribution in [2.45, 2.75) is 44.6 Å². The molecule has 0 aromatic heterocycles. The topological polar surface area (TPSA) is 46.5 Å². The SMILES string of the molecule is CC(C(=O)O)c1ccc(OC2CCCC2)c(Cl)c1. The zero-order chi connectivity index (χ0) is 13.1. The summed E-state index contributed by atoms with van der Waals surface area (Å²) in [5, 5.41) is 9.44. The molecule has 1 aromatic carbocycles. The second kappa shape index (κ2) is 5.61. The summed E-state index contributed by atoms with van der Waals surface area (Å²) in [6, 6.07) is 5.23. The summed E-state index contributed by atoms with van der Waals surface area (Å²) in [7, 11) is 0. The zero-order valence-corrected chi connectivity index (χ0v) is 11.1. The average molecular weight is 269 g/mol. The summed E-state index contributed by atoms with van der Waals surface area (Å²) in [5.74, 6) is -0.747. The first-order valence-corrected chi connectivity index (χ1v) is 6.64. The molecule has 1 fully saturated rings. The van der Waals surface area contributed by atoms with E-state index >= 15 is 0 Å². The van der Waals surface area contributed by atoms with Crippen LogP contribution in [0.5, 0.6) is 5.75 Å². The van der Waals surface area contributed by atoms with Crippen molar-refractivity contribution in [2.24, 2.45) is 0 Å². The number of halogens is 1. The van der Waals surface area contributed by atoms with Crippen LogP contribution in [-0.4, -0.2) is 17.2 Å². The van der Waals surface area contributed by atoms with Crippen molar-refractivity contribution in [3.63, 3.8) is 0 Å². The Balaban J connectivity index is 2.11. The second-order valence-corrected chi connectivity index (χ2v) is 5.18. The van der Waals surface area contributed by atoms with E-state index in [0.717, 1.165) is 12.8 Å². The van der Waals surface area contributed by atoms with Crippen LogP contribution in [0.4, 0.5) is 0 Å². The van der Waals surface area contributed by atoms with Gasteiger partial charge in [0.05, 0.1) is 17.0 Å². The molecule has 4 heteroatoms. The molecule has 1 aliphatic carbocycles. The van der Waals surface area contributed by atoms with Crippen LogP contribution in [0, 0.1) is 0 Å². The van der Waals surface area contributed by atoms with Gasteiger partial charge in [0.15, 0.2) is 0 Å². The lowest BCUT2D eigenvalue weighted by atomic mass is 10.0. The minimum atomic E-state index is -0.851. The predicted octanol–water partition coefficient (Wildman–Crippen LogP) is 3.85. The number of ether oxygens (including phenoxy) is 1. The zero-order valence-electron chi connectivity index (χ0n) is 10.4. The Morgan fingerprint density at radius 3 is 2.67 bits per heavy atom. The summed E-state index contributed by atoms with van der Waals surface area (Å²) >= 11 is 6.14. The van der Waals surface area contributed by atoms with Crippen molar-refractivity contribution in [3.05, 3.63) is 28.8 Å². The van der Waals surface area contributed by atoms with Gasteiger partial charge >= 0.3 is 5.97 Å². The predicted molar refractivity (Wildman–Crippen MR) is 70.4 cm³/mol.